The second kappa shape index (κ2) is 9.34. The lowest BCUT2D eigenvalue weighted by Gasteiger charge is -2.45. The molecule has 2 aliphatic heterocycles. The Balaban J connectivity index is 1.32. The van der Waals surface area contributed by atoms with Crippen LogP contribution in [-0.4, -0.2) is 37.3 Å². The molecule has 6 nitrogen and oxygen atoms in total. The van der Waals surface area contributed by atoms with Gasteiger partial charge in [-0.1, -0.05) is 42.3 Å². The summed E-state index contributed by atoms with van der Waals surface area (Å²) in [6, 6.07) is 14.8. The van der Waals surface area contributed by atoms with Crippen LogP contribution in [0, 0.1) is 12.8 Å². The number of carbonyl (C=O) groups excluding carboxylic acids is 1. The van der Waals surface area contributed by atoms with Gasteiger partial charge in [0.2, 0.25) is 15.9 Å². The molecule has 0 aromatic heterocycles. The number of piperidine rings is 1. The van der Waals surface area contributed by atoms with Crippen LogP contribution in [0.3, 0.4) is 0 Å². The Kier molecular flexibility index (Phi) is 6.42. The van der Waals surface area contributed by atoms with Crippen LogP contribution in [-0.2, 0) is 14.8 Å². The second-order valence-corrected chi connectivity index (χ2v) is 12.1. The quantitative estimate of drug-likeness (QED) is 0.683. The van der Waals surface area contributed by atoms with Gasteiger partial charge in [0.25, 0.3) is 0 Å². The predicted molar refractivity (Wildman–Crippen MR) is 131 cm³/mol. The summed E-state index contributed by atoms with van der Waals surface area (Å²) in [5.74, 6) is 0.455. The van der Waals surface area contributed by atoms with Crippen molar-refractivity contribution in [3.8, 4) is 5.75 Å². The number of para-hydroxylation sites is 1. The van der Waals surface area contributed by atoms with Crippen molar-refractivity contribution in [3.05, 3.63) is 59.7 Å². The number of hydrogen-bond donors (Lipinski definition) is 1. The summed E-state index contributed by atoms with van der Waals surface area (Å²) in [5, 5.41) is 3.30. The highest BCUT2D eigenvalue weighted by Gasteiger charge is 2.43. The molecule has 182 valence electrons. The largest absolute Gasteiger partial charge is 0.487 e. The van der Waals surface area contributed by atoms with Gasteiger partial charge in [0.05, 0.1) is 16.9 Å². The number of benzene rings is 2. The number of ether oxygens (including phenoxy) is 1. The average Bonchev–Trinajstić information content (AvgIpc) is 2.85. The number of hydrogen-bond acceptors (Lipinski definition) is 4. The van der Waals surface area contributed by atoms with Gasteiger partial charge in [-0.3, -0.25) is 4.79 Å². The van der Waals surface area contributed by atoms with E-state index in [-0.39, 0.29) is 34.9 Å². The van der Waals surface area contributed by atoms with Gasteiger partial charge < -0.3 is 10.1 Å². The Labute approximate surface area is 202 Å². The Morgan fingerprint density at radius 3 is 2.53 bits per heavy atom. The molecular weight excluding hydrogens is 448 g/mol. The van der Waals surface area contributed by atoms with E-state index in [0.29, 0.717) is 19.4 Å². The van der Waals surface area contributed by atoms with Crippen molar-refractivity contribution in [1.29, 1.82) is 0 Å². The zero-order chi connectivity index (χ0) is 23.8. The lowest BCUT2D eigenvalue weighted by Crippen LogP contribution is -2.49. The number of aryl methyl sites for hydroxylation is 1. The van der Waals surface area contributed by atoms with E-state index in [2.05, 4.69) is 5.32 Å². The molecule has 2 atom stereocenters. The molecule has 2 aromatic carbocycles. The number of nitrogens with zero attached hydrogens (tertiary/aromatic N) is 1. The predicted octanol–water partition coefficient (Wildman–Crippen LogP) is 4.74. The van der Waals surface area contributed by atoms with Crippen molar-refractivity contribution >= 4 is 15.9 Å². The van der Waals surface area contributed by atoms with Crippen LogP contribution in [0.5, 0.6) is 5.75 Å². The van der Waals surface area contributed by atoms with Crippen molar-refractivity contribution in [3.63, 3.8) is 0 Å². The monoisotopic (exact) mass is 482 g/mol. The van der Waals surface area contributed by atoms with Crippen LogP contribution < -0.4 is 10.1 Å². The fraction of sp³-hybridized carbons (Fsp3) is 0.519. The standard InChI is InChI=1S/C27H34N2O4S/c1-20-11-13-22(14-12-20)34(31,32)29-17-7-8-21(19-29)26(30)28-24-18-27(15-5-2-6-16-27)33-25-10-4-3-9-23(24)25/h3-4,9-14,21,24H,2,5-8,15-19H2,1H3,(H,28,30)/t21-,24+/m0/s1. The third-order valence-corrected chi connectivity index (χ3v) is 9.57. The molecule has 0 bridgehead atoms. The zero-order valence-electron chi connectivity index (χ0n) is 19.8. The summed E-state index contributed by atoms with van der Waals surface area (Å²) < 4.78 is 34.4. The summed E-state index contributed by atoms with van der Waals surface area (Å²) >= 11 is 0. The molecular formula is C27H34N2O4S. The topological polar surface area (TPSA) is 75.7 Å². The molecule has 2 aromatic rings. The zero-order valence-corrected chi connectivity index (χ0v) is 20.6. The Bertz CT molecular complexity index is 1140. The van der Waals surface area contributed by atoms with E-state index in [0.717, 1.165) is 49.0 Å². The van der Waals surface area contributed by atoms with Crippen LogP contribution in [0.1, 0.15) is 68.5 Å². The number of carbonyl (C=O) groups is 1. The van der Waals surface area contributed by atoms with Gasteiger partial charge in [-0.05, 0) is 63.6 Å². The molecule has 1 amide bonds. The van der Waals surface area contributed by atoms with Gasteiger partial charge in [-0.15, -0.1) is 0 Å². The number of fused-ring (bicyclic) bond motifs is 1. The van der Waals surface area contributed by atoms with E-state index >= 15 is 0 Å². The number of rotatable bonds is 4. The van der Waals surface area contributed by atoms with E-state index in [1.807, 2.05) is 43.3 Å². The highest BCUT2D eigenvalue weighted by atomic mass is 32.2. The molecule has 2 fully saturated rings. The molecule has 34 heavy (non-hydrogen) atoms. The molecule has 5 rings (SSSR count). The SMILES string of the molecule is Cc1ccc(S(=O)(=O)N2CCC[C@H](C(=O)N[C@@H]3CC4(CCCCC4)Oc4ccccc43)C2)cc1. The van der Waals surface area contributed by atoms with E-state index in [1.165, 1.54) is 10.7 Å². The van der Waals surface area contributed by atoms with E-state index in [1.54, 1.807) is 12.1 Å². The lowest BCUT2D eigenvalue weighted by atomic mass is 9.77. The second-order valence-electron chi connectivity index (χ2n) is 10.2. The first-order valence-corrected chi connectivity index (χ1v) is 14.0. The van der Waals surface area contributed by atoms with Crippen LogP contribution in [0.15, 0.2) is 53.4 Å². The summed E-state index contributed by atoms with van der Waals surface area (Å²) in [7, 11) is -3.62. The maximum Gasteiger partial charge on any atom is 0.243 e. The smallest absolute Gasteiger partial charge is 0.243 e. The van der Waals surface area contributed by atoms with Gasteiger partial charge in [-0.25, -0.2) is 8.42 Å². The highest BCUT2D eigenvalue weighted by molar-refractivity contribution is 7.89. The van der Waals surface area contributed by atoms with Gasteiger partial charge in [0, 0.05) is 25.1 Å². The van der Waals surface area contributed by atoms with Crippen molar-refractivity contribution in [2.75, 3.05) is 13.1 Å². The minimum atomic E-state index is -3.62. The summed E-state index contributed by atoms with van der Waals surface area (Å²) in [6.07, 6.45) is 7.71. The Hall–Kier alpha value is -2.38. The molecule has 0 unspecified atom stereocenters. The van der Waals surface area contributed by atoms with Crippen LogP contribution >= 0.6 is 0 Å². The van der Waals surface area contributed by atoms with E-state index in [4.69, 9.17) is 4.74 Å². The molecule has 1 spiro atoms. The molecule has 3 aliphatic rings. The molecule has 1 saturated heterocycles. The van der Waals surface area contributed by atoms with Crippen LogP contribution in [0.2, 0.25) is 0 Å². The van der Waals surface area contributed by atoms with Crippen molar-refractivity contribution < 1.29 is 17.9 Å². The number of nitrogens with one attached hydrogen (secondary N) is 1. The minimum absolute atomic E-state index is 0.0588. The number of amides is 1. The highest BCUT2D eigenvalue weighted by Crippen LogP contribution is 2.46. The molecule has 7 heteroatoms. The lowest BCUT2D eigenvalue weighted by molar-refractivity contribution is -0.127. The summed E-state index contributed by atoms with van der Waals surface area (Å²) in [4.78, 5) is 13.7. The van der Waals surface area contributed by atoms with Crippen molar-refractivity contribution in [2.24, 2.45) is 5.92 Å². The fourth-order valence-electron chi connectivity index (χ4n) is 5.77. The Morgan fingerprint density at radius 2 is 1.76 bits per heavy atom. The minimum Gasteiger partial charge on any atom is -0.487 e. The fourth-order valence-corrected chi connectivity index (χ4v) is 7.30. The molecule has 2 heterocycles. The third kappa shape index (κ3) is 4.60. The molecule has 1 saturated carbocycles. The van der Waals surface area contributed by atoms with Gasteiger partial charge in [0.1, 0.15) is 11.4 Å². The third-order valence-electron chi connectivity index (χ3n) is 7.69. The number of sulfonamides is 1. The summed E-state index contributed by atoms with van der Waals surface area (Å²) in [6.45, 7) is 2.60. The van der Waals surface area contributed by atoms with Crippen molar-refractivity contribution in [1.82, 2.24) is 9.62 Å². The van der Waals surface area contributed by atoms with Gasteiger partial charge >= 0.3 is 0 Å². The van der Waals surface area contributed by atoms with Crippen LogP contribution in [0.4, 0.5) is 0 Å². The van der Waals surface area contributed by atoms with Gasteiger partial charge in [-0.2, -0.15) is 4.31 Å². The molecule has 1 aliphatic carbocycles. The maximum atomic E-state index is 13.4. The molecule has 0 radical (unpaired) electrons. The van der Waals surface area contributed by atoms with Crippen LogP contribution in [0.25, 0.3) is 0 Å². The van der Waals surface area contributed by atoms with Gasteiger partial charge in [0.15, 0.2) is 0 Å². The van der Waals surface area contributed by atoms with E-state index in [9.17, 15) is 13.2 Å². The van der Waals surface area contributed by atoms with Crippen molar-refractivity contribution in [2.45, 2.75) is 74.8 Å². The normalized spacial score (nSPS) is 24.7. The first kappa shape index (κ1) is 23.4. The average molecular weight is 483 g/mol. The van der Waals surface area contributed by atoms with E-state index < -0.39 is 10.0 Å². The first-order valence-electron chi connectivity index (χ1n) is 12.5. The first-order chi connectivity index (χ1) is 16.4. The maximum absolute atomic E-state index is 13.4. The molecule has 1 N–H and O–H groups in total. The summed E-state index contributed by atoms with van der Waals surface area (Å²) in [5.41, 5.74) is 1.83. The Morgan fingerprint density at radius 1 is 1.03 bits per heavy atom.